The van der Waals surface area contributed by atoms with E-state index in [1.165, 1.54) is 63.9 Å². The Bertz CT molecular complexity index is 870. The number of nitrogens with one attached hydrogen (secondary N) is 1. The van der Waals surface area contributed by atoms with Gasteiger partial charge in [0.25, 0.3) is 0 Å². The zero-order valence-electron chi connectivity index (χ0n) is 19.2. The second kappa shape index (κ2) is 14.3. The van der Waals surface area contributed by atoms with Gasteiger partial charge in [-0.25, -0.2) is 4.79 Å². The number of aryl methyl sites for hydroxylation is 1. The van der Waals surface area contributed by atoms with Gasteiger partial charge in [-0.15, -0.1) is 0 Å². The fourth-order valence-electron chi connectivity index (χ4n) is 3.65. The van der Waals surface area contributed by atoms with E-state index in [-0.39, 0.29) is 16.5 Å². The first-order valence-electron chi connectivity index (χ1n) is 11.7. The molecule has 1 amide bonds. The number of hydrogen-bond acceptors (Lipinski definition) is 3. The molecule has 0 aliphatic carbocycles. The van der Waals surface area contributed by atoms with Crippen LogP contribution in [-0.2, 0) is 6.42 Å². The summed E-state index contributed by atoms with van der Waals surface area (Å²) in [5.41, 5.74) is 1.65. The van der Waals surface area contributed by atoms with Crippen molar-refractivity contribution < 1.29 is 14.6 Å². The lowest BCUT2D eigenvalue weighted by atomic mass is 10.0. The van der Waals surface area contributed by atoms with Gasteiger partial charge in [0, 0.05) is 5.02 Å². The Kier molecular flexibility index (Phi) is 11.8. The zero-order valence-corrected chi connectivity index (χ0v) is 20.7. The van der Waals surface area contributed by atoms with Gasteiger partial charge >= 0.3 is 6.09 Å². The maximum Gasteiger partial charge on any atom is 0.417 e. The molecule has 32 heavy (non-hydrogen) atoms. The molecule has 2 N–H and O–H groups in total. The van der Waals surface area contributed by atoms with Crippen LogP contribution in [0.25, 0.3) is 0 Å². The number of anilines is 1. The molecule has 0 atom stereocenters. The molecule has 0 aromatic heterocycles. The smallest absolute Gasteiger partial charge is 0.417 e. The second-order valence-electron chi connectivity index (χ2n) is 8.25. The predicted molar refractivity (Wildman–Crippen MR) is 135 cm³/mol. The van der Waals surface area contributed by atoms with Crippen molar-refractivity contribution in [3.05, 3.63) is 51.5 Å². The van der Waals surface area contributed by atoms with Crippen molar-refractivity contribution in [1.29, 1.82) is 0 Å². The van der Waals surface area contributed by atoms with E-state index in [9.17, 15) is 9.90 Å². The van der Waals surface area contributed by atoms with Gasteiger partial charge in [0.1, 0.15) is 5.75 Å². The van der Waals surface area contributed by atoms with Crippen molar-refractivity contribution in [2.24, 2.45) is 0 Å². The standard InChI is InChI=1S/C26H35Cl2NO3/c1-3-4-5-6-7-8-9-10-11-12-15-20-16-13-14-17-23(20)32-26(31)29-22-18-21(27)19(2)24(28)25(22)30/h13-14,16-18,30H,3-12,15H2,1-2H3,(H,29,31). The molecule has 0 spiro atoms. The first-order valence-corrected chi connectivity index (χ1v) is 12.4. The number of hydrogen-bond donors (Lipinski definition) is 2. The largest absolute Gasteiger partial charge is 0.504 e. The van der Waals surface area contributed by atoms with Crippen LogP contribution in [0.5, 0.6) is 11.5 Å². The van der Waals surface area contributed by atoms with Gasteiger partial charge in [-0.05, 0) is 43.0 Å². The van der Waals surface area contributed by atoms with Crippen LogP contribution < -0.4 is 10.1 Å². The molecule has 0 heterocycles. The lowest BCUT2D eigenvalue weighted by Crippen LogP contribution is -2.17. The maximum absolute atomic E-state index is 12.4. The van der Waals surface area contributed by atoms with Crippen LogP contribution in [0.1, 0.15) is 82.3 Å². The molecule has 2 aromatic carbocycles. The zero-order chi connectivity index (χ0) is 23.3. The Hall–Kier alpha value is -1.91. The van der Waals surface area contributed by atoms with E-state index >= 15 is 0 Å². The Morgan fingerprint density at radius 2 is 1.56 bits per heavy atom. The fraction of sp³-hybridized carbons (Fsp3) is 0.500. The fourth-order valence-corrected chi connectivity index (χ4v) is 4.10. The van der Waals surface area contributed by atoms with E-state index in [1.54, 1.807) is 13.0 Å². The first-order chi connectivity index (χ1) is 15.4. The minimum absolute atomic E-state index is 0.106. The normalized spacial score (nSPS) is 10.9. The molecule has 0 unspecified atom stereocenters. The van der Waals surface area contributed by atoms with Gasteiger partial charge in [-0.3, -0.25) is 5.32 Å². The number of benzene rings is 2. The molecule has 0 fully saturated rings. The SMILES string of the molecule is CCCCCCCCCCCCc1ccccc1OC(=O)Nc1cc(Cl)c(C)c(Cl)c1O. The average molecular weight is 480 g/mol. The Labute approximate surface area is 202 Å². The molecule has 6 heteroatoms. The summed E-state index contributed by atoms with van der Waals surface area (Å²) in [6.45, 7) is 3.94. The number of halogens is 2. The molecular weight excluding hydrogens is 445 g/mol. The number of aromatic hydroxyl groups is 1. The number of amides is 1. The Morgan fingerprint density at radius 3 is 2.22 bits per heavy atom. The summed E-state index contributed by atoms with van der Waals surface area (Å²) in [5.74, 6) is 0.286. The first kappa shape index (κ1) is 26.3. The molecule has 0 aliphatic heterocycles. The highest BCUT2D eigenvalue weighted by atomic mass is 35.5. The van der Waals surface area contributed by atoms with Crippen molar-refractivity contribution in [3.63, 3.8) is 0 Å². The number of para-hydroxylation sites is 1. The maximum atomic E-state index is 12.4. The highest BCUT2D eigenvalue weighted by Crippen LogP contribution is 2.38. The van der Waals surface area contributed by atoms with Crippen molar-refractivity contribution in [2.75, 3.05) is 5.32 Å². The number of phenols is 1. The van der Waals surface area contributed by atoms with E-state index in [0.29, 0.717) is 16.3 Å². The molecule has 2 aromatic rings. The molecule has 0 radical (unpaired) electrons. The molecule has 2 rings (SSSR count). The summed E-state index contributed by atoms with van der Waals surface area (Å²) in [6, 6.07) is 8.99. The van der Waals surface area contributed by atoms with Crippen LogP contribution in [-0.4, -0.2) is 11.2 Å². The number of carbonyl (C=O) groups is 1. The lowest BCUT2D eigenvalue weighted by molar-refractivity contribution is 0.214. The van der Waals surface area contributed by atoms with Crippen LogP contribution >= 0.6 is 23.2 Å². The van der Waals surface area contributed by atoms with Crippen molar-refractivity contribution >= 4 is 35.0 Å². The third-order valence-electron chi connectivity index (χ3n) is 5.63. The van der Waals surface area contributed by atoms with Gasteiger partial charge in [0.15, 0.2) is 5.75 Å². The van der Waals surface area contributed by atoms with Gasteiger partial charge in [0.2, 0.25) is 0 Å². The van der Waals surface area contributed by atoms with E-state index in [4.69, 9.17) is 27.9 Å². The van der Waals surface area contributed by atoms with Crippen LogP contribution in [0.2, 0.25) is 10.0 Å². The highest BCUT2D eigenvalue weighted by molar-refractivity contribution is 6.37. The average Bonchev–Trinajstić information content (AvgIpc) is 2.78. The molecule has 0 aliphatic rings. The number of phenolic OH excluding ortho intramolecular Hbond substituents is 1. The van der Waals surface area contributed by atoms with E-state index in [1.807, 2.05) is 18.2 Å². The molecule has 176 valence electrons. The monoisotopic (exact) mass is 479 g/mol. The van der Waals surface area contributed by atoms with Crippen LogP contribution in [0, 0.1) is 6.92 Å². The Balaban J connectivity index is 1.79. The predicted octanol–water partition coefficient (Wildman–Crippen LogP) is 9.08. The number of carbonyl (C=O) groups excluding carboxylic acids is 1. The third-order valence-corrected chi connectivity index (χ3v) is 6.49. The van der Waals surface area contributed by atoms with Crippen LogP contribution in [0.3, 0.4) is 0 Å². The van der Waals surface area contributed by atoms with Crippen LogP contribution in [0.4, 0.5) is 10.5 Å². The third kappa shape index (κ3) is 8.55. The topological polar surface area (TPSA) is 58.6 Å². The summed E-state index contributed by atoms with van der Waals surface area (Å²) in [7, 11) is 0. The minimum atomic E-state index is -0.702. The van der Waals surface area contributed by atoms with Crippen molar-refractivity contribution in [3.8, 4) is 11.5 Å². The quantitative estimate of drug-likeness (QED) is 0.222. The van der Waals surface area contributed by atoms with Gasteiger partial charge < -0.3 is 9.84 Å². The summed E-state index contributed by atoms with van der Waals surface area (Å²) < 4.78 is 5.51. The molecule has 4 nitrogen and oxygen atoms in total. The summed E-state index contributed by atoms with van der Waals surface area (Å²) >= 11 is 12.2. The summed E-state index contributed by atoms with van der Waals surface area (Å²) in [4.78, 5) is 12.4. The van der Waals surface area contributed by atoms with E-state index < -0.39 is 6.09 Å². The highest BCUT2D eigenvalue weighted by Gasteiger charge is 2.16. The Morgan fingerprint density at radius 1 is 0.969 bits per heavy atom. The second-order valence-corrected chi connectivity index (χ2v) is 9.03. The van der Waals surface area contributed by atoms with E-state index in [0.717, 1.165) is 18.4 Å². The van der Waals surface area contributed by atoms with Crippen LogP contribution in [0.15, 0.2) is 30.3 Å². The van der Waals surface area contributed by atoms with Crippen molar-refractivity contribution in [1.82, 2.24) is 0 Å². The number of rotatable bonds is 13. The minimum Gasteiger partial charge on any atom is -0.504 e. The van der Waals surface area contributed by atoms with Gasteiger partial charge in [-0.2, -0.15) is 0 Å². The lowest BCUT2D eigenvalue weighted by Gasteiger charge is -2.13. The number of unbranched alkanes of at least 4 members (excludes halogenated alkanes) is 9. The van der Waals surface area contributed by atoms with Gasteiger partial charge in [-0.1, -0.05) is 106 Å². The summed E-state index contributed by atoms with van der Waals surface area (Å²) in [6.07, 6.45) is 13.0. The molecule has 0 saturated carbocycles. The van der Waals surface area contributed by atoms with Crippen molar-refractivity contribution in [2.45, 2.75) is 84.5 Å². The van der Waals surface area contributed by atoms with E-state index in [2.05, 4.69) is 12.2 Å². The number of ether oxygens (including phenoxy) is 1. The molecule has 0 saturated heterocycles. The molecule has 0 bridgehead atoms. The molecular formula is C26H35Cl2NO3. The summed E-state index contributed by atoms with van der Waals surface area (Å²) in [5, 5.41) is 13.2. The van der Waals surface area contributed by atoms with Gasteiger partial charge in [0.05, 0.1) is 10.7 Å².